The normalized spacial score (nSPS) is 11.0. The van der Waals surface area contributed by atoms with Crippen LogP contribution in [0.1, 0.15) is 20.9 Å². The van der Waals surface area contributed by atoms with Crippen LogP contribution in [0.15, 0.2) is 54.6 Å². The number of carbonyl (C=O) groups is 1. The number of carbonyl (C=O) groups excluding carboxylic acids is 1. The zero-order chi connectivity index (χ0) is 20.4. The minimum atomic E-state index is -0.399. The van der Waals surface area contributed by atoms with Crippen molar-refractivity contribution in [3.63, 3.8) is 0 Å². The number of hydrogen-bond donors (Lipinski definition) is 0. The van der Waals surface area contributed by atoms with Gasteiger partial charge in [0.15, 0.2) is 0 Å². The Morgan fingerprint density at radius 1 is 1.10 bits per heavy atom. The molecule has 148 valence electrons. The summed E-state index contributed by atoms with van der Waals surface area (Å²) in [7, 11) is 0. The Morgan fingerprint density at radius 3 is 2.66 bits per heavy atom. The van der Waals surface area contributed by atoms with E-state index in [9.17, 15) is 9.18 Å². The number of nitrogens with zero attached hydrogens (tertiary/aromatic N) is 2. The van der Waals surface area contributed by atoms with Crippen LogP contribution >= 0.6 is 11.3 Å². The molecule has 7 heteroatoms. The molecule has 0 radical (unpaired) electrons. The lowest BCUT2D eigenvalue weighted by Gasteiger charge is -2.07. The Kier molecular flexibility index (Phi) is 5.31. The minimum absolute atomic E-state index is 0.157. The van der Waals surface area contributed by atoms with Crippen molar-refractivity contribution in [2.75, 3.05) is 13.2 Å². The molecule has 2 aromatic heterocycles. The summed E-state index contributed by atoms with van der Waals surface area (Å²) in [5, 5.41) is 5.38. The molecule has 4 rings (SSSR count). The van der Waals surface area contributed by atoms with E-state index in [1.54, 1.807) is 22.9 Å². The Labute approximate surface area is 171 Å². The predicted molar refractivity (Wildman–Crippen MR) is 111 cm³/mol. The van der Waals surface area contributed by atoms with Crippen LogP contribution in [0.3, 0.4) is 0 Å². The van der Waals surface area contributed by atoms with Gasteiger partial charge in [-0.05, 0) is 61.9 Å². The van der Waals surface area contributed by atoms with Gasteiger partial charge in [-0.25, -0.2) is 13.9 Å². The second-order valence-corrected chi connectivity index (χ2v) is 7.63. The van der Waals surface area contributed by atoms with Crippen LogP contribution in [0.2, 0.25) is 0 Å². The molecule has 2 aromatic carbocycles. The number of benzene rings is 2. The Hall–Kier alpha value is -3.19. The molecule has 0 fully saturated rings. The van der Waals surface area contributed by atoms with E-state index >= 15 is 0 Å². The maximum atomic E-state index is 13.2. The fourth-order valence-corrected chi connectivity index (χ4v) is 4.05. The third-order valence-electron chi connectivity index (χ3n) is 4.39. The Balaban J connectivity index is 1.44. The van der Waals surface area contributed by atoms with Gasteiger partial charge < -0.3 is 9.47 Å². The quantitative estimate of drug-likeness (QED) is 0.329. The molecule has 0 saturated heterocycles. The largest absolute Gasteiger partial charge is 0.490 e. The molecular formula is C22H19FN2O3S. The summed E-state index contributed by atoms with van der Waals surface area (Å²) in [4.78, 5) is 13.7. The van der Waals surface area contributed by atoms with Crippen molar-refractivity contribution in [2.24, 2.45) is 0 Å². The summed E-state index contributed by atoms with van der Waals surface area (Å²) in [5.41, 5.74) is 2.63. The van der Waals surface area contributed by atoms with Crippen LogP contribution in [-0.2, 0) is 4.74 Å². The first-order chi connectivity index (χ1) is 14.0. The molecule has 0 unspecified atom stereocenters. The van der Waals surface area contributed by atoms with Gasteiger partial charge in [-0.15, -0.1) is 11.3 Å². The van der Waals surface area contributed by atoms with Crippen LogP contribution in [-0.4, -0.2) is 29.0 Å². The van der Waals surface area contributed by atoms with E-state index in [2.05, 4.69) is 5.10 Å². The highest BCUT2D eigenvalue weighted by Gasteiger charge is 2.18. The fraction of sp³-hybridized carbons (Fsp3) is 0.182. The molecule has 0 aliphatic heterocycles. The maximum Gasteiger partial charge on any atom is 0.348 e. The molecular weight excluding hydrogens is 391 g/mol. The monoisotopic (exact) mass is 410 g/mol. The van der Waals surface area contributed by atoms with E-state index in [-0.39, 0.29) is 19.0 Å². The molecule has 2 heterocycles. The van der Waals surface area contributed by atoms with Crippen molar-refractivity contribution >= 4 is 27.5 Å². The number of halogens is 1. The molecule has 0 aliphatic carbocycles. The highest BCUT2D eigenvalue weighted by Crippen LogP contribution is 2.30. The smallest absolute Gasteiger partial charge is 0.348 e. The highest BCUT2D eigenvalue weighted by atomic mass is 32.1. The lowest BCUT2D eigenvalue weighted by Crippen LogP contribution is -2.11. The van der Waals surface area contributed by atoms with Gasteiger partial charge in [0.05, 0.1) is 11.4 Å². The van der Waals surface area contributed by atoms with Crippen molar-refractivity contribution in [3.8, 4) is 11.4 Å². The summed E-state index contributed by atoms with van der Waals surface area (Å²) < 4.78 is 25.9. The highest BCUT2D eigenvalue weighted by molar-refractivity contribution is 7.20. The predicted octanol–water partition coefficient (Wildman–Crippen LogP) is 5.08. The van der Waals surface area contributed by atoms with Crippen molar-refractivity contribution in [1.29, 1.82) is 0 Å². The third kappa shape index (κ3) is 4.14. The average Bonchev–Trinajstić information content (AvgIpc) is 3.27. The first kappa shape index (κ1) is 19.1. The zero-order valence-electron chi connectivity index (χ0n) is 16.0. The van der Waals surface area contributed by atoms with Gasteiger partial charge >= 0.3 is 5.97 Å². The van der Waals surface area contributed by atoms with Gasteiger partial charge in [-0.3, -0.25) is 0 Å². The van der Waals surface area contributed by atoms with E-state index < -0.39 is 5.97 Å². The van der Waals surface area contributed by atoms with E-state index in [0.29, 0.717) is 4.88 Å². The first-order valence-corrected chi connectivity index (χ1v) is 9.94. The molecule has 0 bridgehead atoms. The summed E-state index contributed by atoms with van der Waals surface area (Å²) in [6, 6.07) is 15.6. The lowest BCUT2D eigenvalue weighted by molar-refractivity contribution is 0.0456. The fourth-order valence-electron chi connectivity index (χ4n) is 2.98. The molecule has 0 atom stereocenters. The van der Waals surface area contributed by atoms with Gasteiger partial charge in [-0.1, -0.05) is 12.1 Å². The van der Waals surface area contributed by atoms with Gasteiger partial charge in [-0.2, -0.15) is 5.10 Å². The van der Waals surface area contributed by atoms with Crippen LogP contribution < -0.4 is 4.74 Å². The summed E-state index contributed by atoms with van der Waals surface area (Å²) >= 11 is 1.30. The lowest BCUT2D eigenvalue weighted by atomic mass is 10.2. The summed E-state index contributed by atoms with van der Waals surface area (Å²) in [6.07, 6.45) is 0. The molecule has 0 amide bonds. The summed E-state index contributed by atoms with van der Waals surface area (Å²) in [5.74, 6) is 0.0409. The minimum Gasteiger partial charge on any atom is -0.490 e. The number of rotatable bonds is 6. The Morgan fingerprint density at radius 2 is 1.90 bits per heavy atom. The molecule has 0 spiro atoms. The topological polar surface area (TPSA) is 53.4 Å². The molecule has 0 aliphatic rings. The molecule has 5 nitrogen and oxygen atoms in total. The number of aromatic nitrogens is 2. The van der Waals surface area contributed by atoms with Crippen molar-refractivity contribution in [1.82, 2.24) is 9.78 Å². The number of ether oxygens (including phenoxy) is 2. The SMILES string of the molecule is Cc1cccc(OCCOC(=O)c2cc3c(C)nn(-c4ccc(F)cc4)c3s2)c1. The number of hydrogen-bond acceptors (Lipinski definition) is 5. The van der Waals surface area contributed by atoms with Crippen LogP contribution in [0.4, 0.5) is 4.39 Å². The summed E-state index contributed by atoms with van der Waals surface area (Å²) in [6.45, 7) is 4.30. The van der Waals surface area contributed by atoms with Crippen LogP contribution in [0.5, 0.6) is 5.75 Å². The molecule has 29 heavy (non-hydrogen) atoms. The molecule has 0 N–H and O–H groups in total. The molecule has 4 aromatic rings. The zero-order valence-corrected chi connectivity index (χ0v) is 16.8. The second kappa shape index (κ2) is 8.05. The van der Waals surface area contributed by atoms with E-state index in [0.717, 1.165) is 32.9 Å². The van der Waals surface area contributed by atoms with Crippen LogP contribution in [0.25, 0.3) is 15.9 Å². The van der Waals surface area contributed by atoms with E-state index in [1.165, 1.54) is 23.5 Å². The maximum absolute atomic E-state index is 13.2. The number of aryl methyl sites for hydroxylation is 2. The van der Waals surface area contributed by atoms with Gasteiger partial charge in [0.2, 0.25) is 0 Å². The number of thiophene rings is 1. The van der Waals surface area contributed by atoms with Gasteiger partial charge in [0.25, 0.3) is 0 Å². The Bertz CT molecular complexity index is 1160. The second-order valence-electron chi connectivity index (χ2n) is 6.60. The van der Waals surface area contributed by atoms with Crippen molar-refractivity contribution in [2.45, 2.75) is 13.8 Å². The van der Waals surface area contributed by atoms with Crippen LogP contribution in [0, 0.1) is 19.7 Å². The van der Waals surface area contributed by atoms with Gasteiger partial charge in [0.1, 0.15) is 34.5 Å². The number of fused-ring (bicyclic) bond motifs is 1. The average molecular weight is 410 g/mol. The van der Waals surface area contributed by atoms with Crippen molar-refractivity contribution in [3.05, 3.63) is 76.5 Å². The number of esters is 1. The van der Waals surface area contributed by atoms with Gasteiger partial charge in [0, 0.05) is 5.39 Å². The first-order valence-electron chi connectivity index (χ1n) is 9.13. The van der Waals surface area contributed by atoms with E-state index in [1.807, 2.05) is 38.1 Å². The molecule has 0 saturated carbocycles. The van der Waals surface area contributed by atoms with Crippen molar-refractivity contribution < 1.29 is 18.7 Å². The van der Waals surface area contributed by atoms with E-state index in [4.69, 9.17) is 9.47 Å². The third-order valence-corrected chi connectivity index (χ3v) is 5.48. The standard InChI is InChI=1S/C22H19FN2O3S/c1-14-4-3-5-18(12-14)27-10-11-28-22(26)20-13-19-15(2)24-25(21(19)29-20)17-8-6-16(23)7-9-17/h3-9,12-13H,10-11H2,1-2H3.